The highest BCUT2D eigenvalue weighted by Crippen LogP contribution is 2.36. The number of nitrogens with zero attached hydrogens (tertiary/aromatic N) is 1. The zero-order valence-corrected chi connectivity index (χ0v) is 22.8. The van der Waals surface area contributed by atoms with Gasteiger partial charge in [0.05, 0.1) is 27.8 Å². The van der Waals surface area contributed by atoms with Crippen LogP contribution in [0.2, 0.25) is 5.02 Å². The van der Waals surface area contributed by atoms with E-state index in [-0.39, 0.29) is 34.2 Å². The maximum absolute atomic E-state index is 14.2. The van der Waals surface area contributed by atoms with E-state index in [4.69, 9.17) is 17.3 Å². The summed E-state index contributed by atoms with van der Waals surface area (Å²) in [5.74, 6) is -1.66. The first kappa shape index (κ1) is 27.8. The number of nitrogens with two attached hydrogens (primary N) is 1. The molecule has 0 radical (unpaired) electrons. The van der Waals surface area contributed by atoms with E-state index in [2.05, 4.69) is 15.6 Å². The lowest BCUT2D eigenvalue weighted by Gasteiger charge is -2.33. The van der Waals surface area contributed by atoms with Gasteiger partial charge in [0.15, 0.2) is 17.3 Å². The van der Waals surface area contributed by atoms with E-state index in [1.54, 1.807) is 12.3 Å². The molecule has 202 valence electrons. The monoisotopic (exact) mass is 540 g/mol. The number of aromatic nitrogens is 1. The zero-order valence-electron chi connectivity index (χ0n) is 22.1. The van der Waals surface area contributed by atoms with E-state index in [1.165, 1.54) is 19.1 Å². The van der Waals surface area contributed by atoms with Crippen LogP contribution in [-0.4, -0.2) is 39.9 Å². The summed E-state index contributed by atoms with van der Waals surface area (Å²) < 4.78 is 14.2. The Balaban J connectivity index is 1.58. The lowest BCUT2D eigenvalue weighted by atomic mass is 9.85. The van der Waals surface area contributed by atoms with Gasteiger partial charge in [-0.25, -0.2) is 4.39 Å². The summed E-state index contributed by atoms with van der Waals surface area (Å²) in [5.41, 5.74) is 8.80. The standard InChI is InChI=1S/C29H34ClFN4O3/c1-15(36)21-14-33-24-10-5-16(17-12-22(30)26(37)23(31)13-17)11-20(24)25(21)34-18-6-8-19(9-7-18)35-28(38)27(32)29(2,3)4/h5,10-14,18-19,27,37H,6-9,32H2,1-4H3,(H,33,34)(H,35,38)/t18?,19?,27-/m1/s1. The molecule has 5 N–H and O–H groups in total. The molecule has 1 fully saturated rings. The Bertz CT molecular complexity index is 1360. The van der Waals surface area contributed by atoms with Crippen LogP contribution in [0.15, 0.2) is 36.5 Å². The van der Waals surface area contributed by atoms with Crippen molar-refractivity contribution >= 4 is 39.9 Å². The number of ketones is 1. The number of phenolic OH excluding ortho intramolecular Hbond substituents is 1. The molecular weight excluding hydrogens is 507 g/mol. The number of nitrogens with one attached hydrogen (secondary N) is 2. The van der Waals surface area contributed by atoms with Gasteiger partial charge in [-0.3, -0.25) is 14.6 Å². The van der Waals surface area contributed by atoms with Crippen molar-refractivity contribution in [3.05, 3.63) is 52.9 Å². The largest absolute Gasteiger partial charge is 0.504 e. The first-order valence-corrected chi connectivity index (χ1v) is 13.2. The second-order valence-electron chi connectivity index (χ2n) is 11.2. The van der Waals surface area contributed by atoms with Crippen LogP contribution in [0.5, 0.6) is 5.75 Å². The Labute approximate surface area is 227 Å². The number of hydrogen-bond acceptors (Lipinski definition) is 6. The van der Waals surface area contributed by atoms with Gasteiger partial charge in [-0.2, -0.15) is 0 Å². The molecule has 9 heteroatoms. The van der Waals surface area contributed by atoms with Gasteiger partial charge >= 0.3 is 0 Å². The Morgan fingerprint density at radius 1 is 1.11 bits per heavy atom. The van der Waals surface area contributed by atoms with Crippen molar-refractivity contribution in [3.8, 4) is 16.9 Å². The molecule has 2 aromatic carbocycles. The topological polar surface area (TPSA) is 117 Å². The second kappa shape index (κ2) is 10.9. The van der Waals surface area contributed by atoms with Crippen LogP contribution < -0.4 is 16.4 Å². The lowest BCUT2D eigenvalue weighted by Crippen LogP contribution is -2.52. The van der Waals surface area contributed by atoms with Crippen LogP contribution in [-0.2, 0) is 4.79 Å². The summed E-state index contributed by atoms with van der Waals surface area (Å²) in [6, 6.07) is 7.73. The average molecular weight is 541 g/mol. The predicted octanol–water partition coefficient (Wildman–Crippen LogP) is 5.82. The zero-order chi connectivity index (χ0) is 27.8. The molecule has 1 aliphatic carbocycles. The molecule has 3 aromatic rings. The fourth-order valence-corrected chi connectivity index (χ4v) is 5.01. The number of halogens is 2. The fraction of sp³-hybridized carbons (Fsp3) is 0.414. The van der Waals surface area contributed by atoms with Crippen molar-refractivity contribution in [2.45, 2.75) is 71.5 Å². The number of phenols is 1. The van der Waals surface area contributed by atoms with Crippen molar-refractivity contribution in [1.29, 1.82) is 0 Å². The van der Waals surface area contributed by atoms with Gasteiger partial charge in [0, 0.05) is 23.7 Å². The molecule has 1 atom stereocenters. The lowest BCUT2D eigenvalue weighted by molar-refractivity contribution is -0.125. The van der Waals surface area contributed by atoms with E-state index in [1.807, 2.05) is 32.9 Å². The highest BCUT2D eigenvalue weighted by atomic mass is 35.5. The molecule has 4 rings (SSSR count). The molecule has 7 nitrogen and oxygen atoms in total. The molecule has 38 heavy (non-hydrogen) atoms. The number of fused-ring (bicyclic) bond motifs is 1. The van der Waals surface area contributed by atoms with E-state index < -0.39 is 17.6 Å². The first-order chi connectivity index (χ1) is 17.8. The summed E-state index contributed by atoms with van der Waals surface area (Å²) in [5, 5.41) is 17.0. The molecule has 0 spiro atoms. The molecule has 1 amide bonds. The van der Waals surface area contributed by atoms with E-state index in [0.717, 1.165) is 31.1 Å². The number of carbonyl (C=O) groups is 2. The minimum atomic E-state index is -0.811. The Kier molecular flexibility index (Phi) is 7.95. The van der Waals surface area contributed by atoms with Crippen LogP contribution in [0.25, 0.3) is 22.0 Å². The average Bonchev–Trinajstić information content (AvgIpc) is 2.86. The third kappa shape index (κ3) is 5.92. The molecule has 1 aliphatic rings. The highest BCUT2D eigenvalue weighted by molar-refractivity contribution is 6.32. The molecule has 0 unspecified atom stereocenters. The number of anilines is 1. The van der Waals surface area contributed by atoms with Crippen molar-refractivity contribution in [3.63, 3.8) is 0 Å². The van der Waals surface area contributed by atoms with Gasteiger partial charge in [-0.05, 0) is 73.4 Å². The van der Waals surface area contributed by atoms with Gasteiger partial charge in [0.1, 0.15) is 0 Å². The number of benzene rings is 2. The van der Waals surface area contributed by atoms with E-state index >= 15 is 0 Å². The van der Waals surface area contributed by atoms with Gasteiger partial charge in [-0.15, -0.1) is 0 Å². The SMILES string of the molecule is CC(=O)c1cnc2ccc(-c3cc(F)c(O)c(Cl)c3)cc2c1NC1CCC(NC(=O)[C@@H](N)C(C)(C)C)CC1. The number of carbonyl (C=O) groups excluding carboxylic acids is 2. The fourth-order valence-electron chi connectivity index (χ4n) is 4.80. The summed E-state index contributed by atoms with van der Waals surface area (Å²) in [6.07, 6.45) is 4.75. The van der Waals surface area contributed by atoms with Crippen molar-refractivity contribution in [2.75, 3.05) is 5.32 Å². The second-order valence-corrected chi connectivity index (χ2v) is 11.6. The molecule has 0 aliphatic heterocycles. The van der Waals surface area contributed by atoms with Gasteiger partial charge < -0.3 is 21.5 Å². The van der Waals surface area contributed by atoms with Crippen LogP contribution in [0.3, 0.4) is 0 Å². The summed E-state index contributed by atoms with van der Waals surface area (Å²) in [6.45, 7) is 7.34. The summed E-state index contributed by atoms with van der Waals surface area (Å²) in [4.78, 5) is 29.5. The smallest absolute Gasteiger partial charge is 0.237 e. The van der Waals surface area contributed by atoms with Crippen molar-refractivity contribution in [1.82, 2.24) is 10.3 Å². The van der Waals surface area contributed by atoms with Crippen LogP contribution in [0, 0.1) is 11.2 Å². The molecule has 1 aromatic heterocycles. The van der Waals surface area contributed by atoms with Gasteiger partial charge in [0.2, 0.25) is 5.91 Å². The van der Waals surface area contributed by atoms with Crippen LogP contribution in [0.1, 0.15) is 63.7 Å². The number of Topliss-reactive ketones (excluding diaryl/α,β-unsaturated/α-hetero) is 1. The summed E-state index contributed by atoms with van der Waals surface area (Å²) in [7, 11) is 0. The molecule has 0 saturated heterocycles. The van der Waals surface area contributed by atoms with Crippen LogP contribution >= 0.6 is 11.6 Å². The number of aromatic hydroxyl groups is 1. The van der Waals surface area contributed by atoms with Crippen LogP contribution in [0.4, 0.5) is 10.1 Å². The van der Waals surface area contributed by atoms with Gasteiger partial charge in [0.25, 0.3) is 0 Å². The third-order valence-corrected chi connectivity index (χ3v) is 7.52. The van der Waals surface area contributed by atoms with E-state index in [9.17, 15) is 19.1 Å². The number of hydrogen-bond donors (Lipinski definition) is 4. The van der Waals surface area contributed by atoms with Crippen molar-refractivity contribution in [2.24, 2.45) is 11.1 Å². The van der Waals surface area contributed by atoms with Gasteiger partial charge in [-0.1, -0.05) is 38.4 Å². The normalized spacial score (nSPS) is 18.7. The molecule has 0 bridgehead atoms. The quantitative estimate of drug-likeness (QED) is 0.293. The predicted molar refractivity (Wildman–Crippen MR) is 149 cm³/mol. The van der Waals surface area contributed by atoms with Crippen molar-refractivity contribution < 1.29 is 19.1 Å². The molecule has 1 heterocycles. The number of rotatable bonds is 6. The minimum absolute atomic E-state index is 0.0520. The summed E-state index contributed by atoms with van der Waals surface area (Å²) >= 11 is 6.00. The highest BCUT2D eigenvalue weighted by Gasteiger charge is 2.30. The minimum Gasteiger partial charge on any atom is -0.504 e. The number of pyridine rings is 1. The Morgan fingerprint density at radius 3 is 2.37 bits per heavy atom. The van der Waals surface area contributed by atoms with E-state index in [0.29, 0.717) is 27.9 Å². The first-order valence-electron chi connectivity index (χ1n) is 12.8. The Morgan fingerprint density at radius 2 is 1.76 bits per heavy atom. The number of amides is 1. The maximum Gasteiger partial charge on any atom is 0.237 e. The Hall–Kier alpha value is -3.23. The molecular formula is C29H34ClFN4O3. The maximum atomic E-state index is 14.2. The third-order valence-electron chi connectivity index (χ3n) is 7.23. The molecule has 1 saturated carbocycles.